The van der Waals surface area contributed by atoms with E-state index in [0.29, 0.717) is 24.9 Å². The van der Waals surface area contributed by atoms with Gasteiger partial charge in [0.05, 0.1) is 0 Å². The van der Waals surface area contributed by atoms with Gasteiger partial charge in [-0.05, 0) is 55.9 Å². The summed E-state index contributed by atoms with van der Waals surface area (Å²) in [6.07, 6.45) is 8.20. The second-order valence-corrected chi connectivity index (χ2v) is 7.05. The molecule has 2 aliphatic rings. The van der Waals surface area contributed by atoms with Crippen LogP contribution in [0.5, 0.6) is 0 Å². The van der Waals surface area contributed by atoms with Crippen LogP contribution in [0.4, 0.5) is 0 Å². The maximum absolute atomic E-state index is 10.7. The van der Waals surface area contributed by atoms with Crippen molar-refractivity contribution in [3.8, 4) is 0 Å². The van der Waals surface area contributed by atoms with E-state index in [1.807, 2.05) is 0 Å². The van der Waals surface area contributed by atoms with Gasteiger partial charge in [0, 0.05) is 6.54 Å². The largest absolute Gasteiger partial charge is 0.333 e. The van der Waals surface area contributed by atoms with Crippen molar-refractivity contribution in [1.29, 1.82) is 0 Å². The molecule has 0 saturated heterocycles. The molecule has 0 aromatic heterocycles. The third-order valence-corrected chi connectivity index (χ3v) is 5.66. The predicted molar refractivity (Wildman–Crippen MR) is 70.3 cm³/mol. The zero-order chi connectivity index (χ0) is 13.2. The fourth-order valence-corrected chi connectivity index (χ4v) is 4.61. The van der Waals surface area contributed by atoms with Crippen LogP contribution in [0.15, 0.2) is 0 Å². The third kappa shape index (κ3) is 2.87. The number of nitrogens with two attached hydrogens (primary N) is 1. The molecule has 0 heterocycles. The van der Waals surface area contributed by atoms with Crippen LogP contribution in [0.1, 0.15) is 44.9 Å². The Hall–Kier alpha value is -0.170. The zero-order valence-electron chi connectivity index (χ0n) is 10.8. The molecule has 0 spiro atoms. The van der Waals surface area contributed by atoms with Crippen LogP contribution < -0.4 is 10.5 Å². The fourth-order valence-electron chi connectivity index (χ4n) is 4.25. The van der Waals surface area contributed by atoms with Crippen LogP contribution >= 0.6 is 0 Å². The second kappa shape index (κ2) is 5.45. The van der Waals surface area contributed by atoms with Crippen LogP contribution in [0.25, 0.3) is 0 Å². The molecule has 2 saturated carbocycles. The Labute approximate surface area is 109 Å². The van der Waals surface area contributed by atoms with Gasteiger partial charge in [-0.3, -0.25) is 4.55 Å². The Morgan fingerprint density at radius 2 is 1.67 bits per heavy atom. The molecule has 0 aromatic carbocycles. The lowest BCUT2D eigenvalue weighted by atomic mass is 9.53. The summed E-state index contributed by atoms with van der Waals surface area (Å²) in [6, 6.07) is 0. The van der Waals surface area contributed by atoms with Crippen molar-refractivity contribution in [2.24, 2.45) is 23.0 Å². The zero-order valence-corrected chi connectivity index (χ0v) is 11.6. The molecule has 5 nitrogen and oxygen atoms in total. The van der Waals surface area contributed by atoms with Crippen LogP contribution in [0.3, 0.4) is 0 Å². The first-order valence-corrected chi connectivity index (χ1v) is 8.34. The average molecular weight is 276 g/mol. The highest BCUT2D eigenvalue weighted by Crippen LogP contribution is 2.54. The normalized spacial score (nSPS) is 36.6. The van der Waals surface area contributed by atoms with Gasteiger partial charge < -0.3 is 5.73 Å². The standard InChI is InChI=1S/C12H24N2O3S/c13-9-12(7-8-14-18(15,16)17)10-3-1-4-11(12)6-2-5-10/h10-11,14H,1-9,13H2,(H,15,16,17). The Kier molecular flexibility index (Phi) is 4.31. The van der Waals surface area contributed by atoms with Crippen molar-refractivity contribution in [2.45, 2.75) is 44.9 Å². The van der Waals surface area contributed by atoms with Crippen molar-refractivity contribution in [1.82, 2.24) is 4.72 Å². The summed E-state index contributed by atoms with van der Waals surface area (Å²) in [5.41, 5.74) is 6.13. The summed E-state index contributed by atoms with van der Waals surface area (Å²) in [5, 5.41) is 0. The first kappa shape index (κ1) is 14.2. The van der Waals surface area contributed by atoms with Gasteiger partial charge >= 0.3 is 10.3 Å². The summed E-state index contributed by atoms with van der Waals surface area (Å²) in [5.74, 6) is 1.27. The molecule has 4 N–H and O–H groups in total. The van der Waals surface area contributed by atoms with Gasteiger partial charge in [0.1, 0.15) is 0 Å². The van der Waals surface area contributed by atoms with E-state index >= 15 is 0 Å². The van der Waals surface area contributed by atoms with Gasteiger partial charge in [0.15, 0.2) is 0 Å². The molecule has 106 valence electrons. The predicted octanol–water partition coefficient (Wildman–Crippen LogP) is 1.31. The van der Waals surface area contributed by atoms with Crippen molar-refractivity contribution < 1.29 is 13.0 Å². The SMILES string of the molecule is NCC1(CCNS(=O)(=O)O)C2CCCC1CCC2. The molecule has 18 heavy (non-hydrogen) atoms. The summed E-state index contributed by atoms with van der Waals surface area (Å²) in [6.45, 7) is 0.929. The number of hydrogen-bond acceptors (Lipinski definition) is 3. The molecule has 2 fully saturated rings. The summed E-state index contributed by atoms with van der Waals surface area (Å²) >= 11 is 0. The molecule has 6 heteroatoms. The van der Waals surface area contributed by atoms with E-state index in [4.69, 9.17) is 10.3 Å². The molecule has 2 bridgehead atoms. The van der Waals surface area contributed by atoms with Crippen molar-refractivity contribution in [2.75, 3.05) is 13.1 Å². The van der Waals surface area contributed by atoms with E-state index < -0.39 is 10.3 Å². The van der Waals surface area contributed by atoms with Crippen LogP contribution in [-0.4, -0.2) is 26.1 Å². The minimum atomic E-state index is -4.07. The van der Waals surface area contributed by atoms with E-state index in [0.717, 1.165) is 6.42 Å². The van der Waals surface area contributed by atoms with E-state index in [-0.39, 0.29) is 5.41 Å². The maximum Gasteiger partial charge on any atom is 0.333 e. The minimum absolute atomic E-state index is 0.0915. The Balaban J connectivity index is 2.04. The van der Waals surface area contributed by atoms with Gasteiger partial charge in [-0.2, -0.15) is 13.1 Å². The smallest absolute Gasteiger partial charge is 0.330 e. The van der Waals surface area contributed by atoms with Crippen LogP contribution in [0, 0.1) is 17.3 Å². The monoisotopic (exact) mass is 276 g/mol. The van der Waals surface area contributed by atoms with Gasteiger partial charge in [-0.25, -0.2) is 0 Å². The van der Waals surface area contributed by atoms with Crippen molar-refractivity contribution >= 4 is 10.3 Å². The van der Waals surface area contributed by atoms with E-state index in [2.05, 4.69) is 4.72 Å². The van der Waals surface area contributed by atoms with Crippen molar-refractivity contribution in [3.05, 3.63) is 0 Å². The van der Waals surface area contributed by atoms with Gasteiger partial charge in [-0.15, -0.1) is 0 Å². The highest BCUT2D eigenvalue weighted by Gasteiger charge is 2.47. The molecule has 2 rings (SSSR count). The second-order valence-electron chi connectivity index (χ2n) is 5.81. The lowest BCUT2D eigenvalue weighted by molar-refractivity contribution is -0.0178. The Bertz CT molecular complexity index is 361. The topological polar surface area (TPSA) is 92.4 Å². The molecule has 0 atom stereocenters. The summed E-state index contributed by atoms with van der Waals surface area (Å²) in [4.78, 5) is 0. The van der Waals surface area contributed by atoms with Crippen LogP contribution in [0.2, 0.25) is 0 Å². The Morgan fingerprint density at radius 1 is 1.17 bits per heavy atom. The van der Waals surface area contributed by atoms with Gasteiger partial charge in [0.25, 0.3) is 0 Å². The summed E-state index contributed by atoms with van der Waals surface area (Å²) in [7, 11) is -4.07. The van der Waals surface area contributed by atoms with Gasteiger partial charge in [-0.1, -0.05) is 12.8 Å². The number of hydrogen-bond donors (Lipinski definition) is 3. The molecule has 0 radical (unpaired) electrons. The van der Waals surface area contributed by atoms with E-state index in [1.54, 1.807) is 0 Å². The highest BCUT2D eigenvalue weighted by atomic mass is 32.2. The molecular formula is C12H24N2O3S. The number of fused-ring (bicyclic) bond motifs is 2. The maximum atomic E-state index is 10.7. The van der Waals surface area contributed by atoms with E-state index in [9.17, 15) is 8.42 Å². The average Bonchev–Trinajstić information content (AvgIpc) is 2.26. The lowest BCUT2D eigenvalue weighted by Crippen LogP contribution is -2.50. The quantitative estimate of drug-likeness (QED) is 0.660. The first-order chi connectivity index (χ1) is 8.48. The first-order valence-electron chi connectivity index (χ1n) is 6.90. The number of nitrogens with one attached hydrogen (secondary N) is 1. The summed E-state index contributed by atoms with van der Waals surface area (Å²) < 4.78 is 32.4. The fraction of sp³-hybridized carbons (Fsp3) is 1.00. The highest BCUT2D eigenvalue weighted by molar-refractivity contribution is 7.83. The van der Waals surface area contributed by atoms with E-state index in [1.165, 1.54) is 38.5 Å². The third-order valence-electron chi connectivity index (χ3n) is 5.09. The molecule has 0 unspecified atom stereocenters. The molecule has 0 amide bonds. The molecule has 2 aliphatic carbocycles. The Morgan fingerprint density at radius 3 is 2.06 bits per heavy atom. The minimum Gasteiger partial charge on any atom is -0.330 e. The van der Waals surface area contributed by atoms with Crippen LogP contribution in [-0.2, 0) is 10.3 Å². The van der Waals surface area contributed by atoms with Crippen molar-refractivity contribution in [3.63, 3.8) is 0 Å². The lowest BCUT2D eigenvalue weighted by Gasteiger charge is -2.53. The van der Waals surface area contributed by atoms with Gasteiger partial charge in [0.2, 0.25) is 0 Å². The number of rotatable bonds is 5. The molecule has 0 aromatic rings. The molecule has 0 aliphatic heterocycles. The molecular weight excluding hydrogens is 252 g/mol.